The summed E-state index contributed by atoms with van der Waals surface area (Å²) < 4.78 is 0. The molecule has 0 spiro atoms. The van der Waals surface area contributed by atoms with Crippen LogP contribution < -0.4 is 16.1 Å². The molecule has 4 N–H and O–H groups in total. The Morgan fingerprint density at radius 3 is 2.16 bits per heavy atom. The molecule has 6 heteroatoms. The molecule has 0 aliphatic rings. The molecule has 0 aromatic heterocycles. The van der Waals surface area contributed by atoms with Crippen LogP contribution in [-0.4, -0.2) is 23.1 Å². The van der Waals surface area contributed by atoms with Crippen molar-refractivity contribution >= 4 is 29.3 Å². The summed E-state index contributed by atoms with van der Waals surface area (Å²) >= 11 is 0. The van der Waals surface area contributed by atoms with Crippen molar-refractivity contribution in [2.75, 3.05) is 5.32 Å². The summed E-state index contributed by atoms with van der Waals surface area (Å²) in [6, 6.07) is 25.0. The van der Waals surface area contributed by atoms with Crippen LogP contribution in [0, 0.1) is 0 Å². The highest BCUT2D eigenvalue weighted by molar-refractivity contribution is 6.00. The molecular formula is C26H25N3O3. The van der Waals surface area contributed by atoms with Gasteiger partial charge in [0.25, 0.3) is 0 Å². The van der Waals surface area contributed by atoms with E-state index in [1.807, 2.05) is 66.1 Å². The number of nitrogens with one attached hydrogen (secondary N) is 3. The number of carbonyl (C=O) groups is 2. The lowest BCUT2D eigenvalue weighted by molar-refractivity contribution is -0.123. The molecule has 0 aliphatic carbocycles. The highest BCUT2D eigenvalue weighted by Gasteiger charge is 2.20. The van der Waals surface area contributed by atoms with Crippen LogP contribution in [-0.2, 0) is 16.0 Å². The van der Waals surface area contributed by atoms with Gasteiger partial charge in [0.15, 0.2) is 0 Å². The van der Waals surface area contributed by atoms with Gasteiger partial charge >= 0.3 is 0 Å². The number of hydroxylamine groups is 1. The van der Waals surface area contributed by atoms with E-state index in [1.165, 1.54) is 6.08 Å². The van der Waals surface area contributed by atoms with E-state index >= 15 is 0 Å². The number of hydrogen-bond acceptors (Lipinski definition) is 4. The van der Waals surface area contributed by atoms with E-state index in [0.29, 0.717) is 23.4 Å². The molecule has 1 atom stereocenters. The van der Waals surface area contributed by atoms with E-state index in [9.17, 15) is 9.59 Å². The summed E-state index contributed by atoms with van der Waals surface area (Å²) in [6.07, 6.45) is 3.47. The molecule has 2 amide bonds. The van der Waals surface area contributed by atoms with Gasteiger partial charge < -0.3 is 10.6 Å². The Hall–Kier alpha value is -4.16. The first kappa shape index (κ1) is 22.5. The third-order valence-corrected chi connectivity index (χ3v) is 4.78. The molecule has 0 unspecified atom stereocenters. The standard InChI is InChI=1S/C26H25N3O3/c1-19(29-32)22-13-15-23(16-14-22)27-26(31)24(18-21-10-6-3-7-11-21)28-25(30)17-12-20-8-4-2-5-9-20/h2-17,24,29,32H,1,18H2,(H,27,31)(H,28,30)/b17-12+/t24-/m0/s1. The average molecular weight is 428 g/mol. The summed E-state index contributed by atoms with van der Waals surface area (Å²) in [7, 11) is 0. The SMILES string of the molecule is C=C(NO)c1ccc(NC(=O)[C@H](Cc2ccccc2)NC(=O)/C=C/c2ccccc2)cc1. The van der Waals surface area contributed by atoms with Gasteiger partial charge in [0.1, 0.15) is 6.04 Å². The number of anilines is 1. The van der Waals surface area contributed by atoms with Crippen LogP contribution in [0.3, 0.4) is 0 Å². The fourth-order valence-corrected chi connectivity index (χ4v) is 3.06. The van der Waals surface area contributed by atoms with Crippen molar-refractivity contribution in [1.29, 1.82) is 0 Å². The highest BCUT2D eigenvalue weighted by atomic mass is 16.5. The molecule has 0 heterocycles. The van der Waals surface area contributed by atoms with E-state index in [2.05, 4.69) is 17.2 Å². The van der Waals surface area contributed by atoms with Crippen molar-refractivity contribution in [3.05, 3.63) is 114 Å². The van der Waals surface area contributed by atoms with Crippen LogP contribution >= 0.6 is 0 Å². The molecule has 0 radical (unpaired) electrons. The topological polar surface area (TPSA) is 90.5 Å². The Morgan fingerprint density at radius 1 is 0.906 bits per heavy atom. The summed E-state index contributed by atoms with van der Waals surface area (Å²) in [5, 5.41) is 14.6. The largest absolute Gasteiger partial charge is 0.340 e. The van der Waals surface area contributed by atoms with Crippen molar-refractivity contribution in [2.24, 2.45) is 0 Å². The van der Waals surface area contributed by atoms with Gasteiger partial charge in [-0.2, -0.15) is 0 Å². The van der Waals surface area contributed by atoms with Gasteiger partial charge in [0.05, 0.1) is 5.70 Å². The monoisotopic (exact) mass is 427 g/mol. The van der Waals surface area contributed by atoms with Crippen LogP contribution in [0.2, 0.25) is 0 Å². The fraction of sp³-hybridized carbons (Fsp3) is 0.0769. The zero-order valence-electron chi connectivity index (χ0n) is 17.5. The van der Waals surface area contributed by atoms with Crippen molar-refractivity contribution in [3.63, 3.8) is 0 Å². The lowest BCUT2D eigenvalue weighted by Gasteiger charge is -2.18. The maximum Gasteiger partial charge on any atom is 0.247 e. The molecule has 0 saturated carbocycles. The smallest absolute Gasteiger partial charge is 0.247 e. The number of benzene rings is 3. The molecular weight excluding hydrogens is 402 g/mol. The third-order valence-electron chi connectivity index (χ3n) is 4.78. The predicted octanol–water partition coefficient (Wildman–Crippen LogP) is 4.02. The molecule has 162 valence electrons. The van der Waals surface area contributed by atoms with Crippen molar-refractivity contribution in [1.82, 2.24) is 10.8 Å². The van der Waals surface area contributed by atoms with Crippen LogP contribution in [0.15, 0.2) is 97.6 Å². The third kappa shape index (κ3) is 6.68. The van der Waals surface area contributed by atoms with Gasteiger partial charge in [0, 0.05) is 18.2 Å². The Kier molecular flexibility index (Phi) is 7.95. The lowest BCUT2D eigenvalue weighted by atomic mass is 10.0. The van der Waals surface area contributed by atoms with Crippen molar-refractivity contribution in [3.8, 4) is 0 Å². The molecule has 0 aliphatic heterocycles. The molecule has 32 heavy (non-hydrogen) atoms. The summed E-state index contributed by atoms with van der Waals surface area (Å²) in [5.74, 6) is -0.687. The minimum absolute atomic E-state index is 0.331. The molecule has 6 nitrogen and oxygen atoms in total. The Labute approximate surface area is 187 Å². The van der Waals surface area contributed by atoms with Crippen LogP contribution in [0.1, 0.15) is 16.7 Å². The van der Waals surface area contributed by atoms with Crippen LogP contribution in [0.5, 0.6) is 0 Å². The van der Waals surface area contributed by atoms with Gasteiger partial charge in [-0.05, 0) is 34.9 Å². The zero-order chi connectivity index (χ0) is 22.8. The molecule has 3 aromatic carbocycles. The summed E-state index contributed by atoms with van der Waals surface area (Å²) in [4.78, 5) is 25.5. The second-order valence-corrected chi connectivity index (χ2v) is 7.15. The summed E-state index contributed by atoms with van der Waals surface area (Å²) in [6.45, 7) is 3.68. The minimum atomic E-state index is -0.765. The van der Waals surface area contributed by atoms with Gasteiger partial charge in [-0.1, -0.05) is 79.4 Å². The first-order valence-electron chi connectivity index (χ1n) is 10.1. The first-order chi connectivity index (χ1) is 15.5. The van der Waals surface area contributed by atoms with Gasteiger partial charge in [0.2, 0.25) is 11.8 Å². The van der Waals surface area contributed by atoms with Gasteiger partial charge in [-0.15, -0.1) is 0 Å². The number of amides is 2. The first-order valence-corrected chi connectivity index (χ1v) is 10.1. The minimum Gasteiger partial charge on any atom is -0.340 e. The molecule has 0 fully saturated rings. The normalized spacial score (nSPS) is 11.5. The van der Waals surface area contributed by atoms with Crippen LogP contribution in [0.4, 0.5) is 5.69 Å². The maximum atomic E-state index is 13.0. The molecule has 3 aromatic rings. The predicted molar refractivity (Wildman–Crippen MR) is 127 cm³/mol. The van der Waals surface area contributed by atoms with Crippen molar-refractivity contribution < 1.29 is 14.8 Å². The average Bonchev–Trinajstić information content (AvgIpc) is 2.83. The Morgan fingerprint density at radius 2 is 1.53 bits per heavy atom. The second-order valence-electron chi connectivity index (χ2n) is 7.15. The van der Waals surface area contributed by atoms with E-state index < -0.39 is 6.04 Å². The van der Waals surface area contributed by atoms with Crippen molar-refractivity contribution in [2.45, 2.75) is 12.5 Å². The van der Waals surface area contributed by atoms with Gasteiger partial charge in [-0.25, -0.2) is 0 Å². The number of carbonyl (C=O) groups excluding carboxylic acids is 2. The quantitative estimate of drug-likeness (QED) is 0.307. The maximum absolute atomic E-state index is 13.0. The Balaban J connectivity index is 1.71. The Bertz CT molecular complexity index is 1080. The lowest BCUT2D eigenvalue weighted by Crippen LogP contribution is -2.44. The van der Waals surface area contributed by atoms with E-state index in [4.69, 9.17) is 5.21 Å². The fourth-order valence-electron chi connectivity index (χ4n) is 3.06. The van der Waals surface area contributed by atoms with E-state index in [-0.39, 0.29) is 11.8 Å². The highest BCUT2D eigenvalue weighted by Crippen LogP contribution is 2.15. The second kappa shape index (κ2) is 11.3. The number of rotatable bonds is 9. The van der Waals surface area contributed by atoms with Gasteiger partial charge in [-0.3, -0.25) is 20.3 Å². The molecule has 0 bridgehead atoms. The molecule has 0 saturated heterocycles. The zero-order valence-corrected chi connectivity index (χ0v) is 17.5. The number of hydrogen-bond donors (Lipinski definition) is 4. The van der Waals surface area contributed by atoms with Crippen LogP contribution in [0.25, 0.3) is 11.8 Å². The van der Waals surface area contributed by atoms with E-state index in [0.717, 1.165) is 11.1 Å². The summed E-state index contributed by atoms with van der Waals surface area (Å²) in [5.41, 5.74) is 5.42. The van der Waals surface area contributed by atoms with E-state index in [1.54, 1.807) is 30.3 Å². The molecule has 3 rings (SSSR count).